The van der Waals surface area contributed by atoms with Crippen LogP contribution in [0.25, 0.3) is 0 Å². The summed E-state index contributed by atoms with van der Waals surface area (Å²) in [6.45, 7) is 7.38. The highest BCUT2D eigenvalue weighted by atomic mass is 32.2. The lowest BCUT2D eigenvalue weighted by molar-refractivity contribution is -0.619. The smallest absolute Gasteiger partial charge is 0.307 e. The van der Waals surface area contributed by atoms with Crippen molar-refractivity contribution in [1.82, 2.24) is 14.5 Å². The van der Waals surface area contributed by atoms with E-state index in [9.17, 15) is 9.90 Å². The Morgan fingerprint density at radius 1 is 0.800 bits per heavy atom. The lowest BCUT2D eigenvalue weighted by Gasteiger charge is -3.07. The minimum atomic E-state index is -0.570. The number of thioether (sulfide) groups is 1. The van der Waals surface area contributed by atoms with Crippen molar-refractivity contribution in [1.29, 1.82) is 0 Å². The van der Waals surface area contributed by atoms with Crippen LogP contribution in [0, 0.1) is 46.8 Å². The fourth-order valence-electron chi connectivity index (χ4n) is 11.4. The first kappa shape index (κ1) is 38.6. The normalized spacial score (nSPS) is 29.5. The topological polar surface area (TPSA) is 76.8 Å². The van der Waals surface area contributed by atoms with Crippen LogP contribution in [-0.4, -0.2) is 76.2 Å². The summed E-state index contributed by atoms with van der Waals surface area (Å²) in [6, 6.07) is 0. The SMILES string of the molecule is CCCCCCCCCCCCCCSCCOC(=O)CCN(CCCCCCCC(O)OCC12C3C4C5C3C1C5C42)CCCn1ccnc1. The average molecular weight is 714 g/mol. The molecule has 1 heterocycles. The van der Waals surface area contributed by atoms with Crippen LogP contribution in [0.4, 0.5) is 0 Å². The predicted molar refractivity (Wildman–Crippen MR) is 204 cm³/mol. The van der Waals surface area contributed by atoms with E-state index in [1.54, 1.807) is 0 Å². The minimum absolute atomic E-state index is 0.0592. The Balaban J connectivity index is 0.726. The fraction of sp³-hybridized carbons (Fsp3) is 0.905. The lowest BCUT2D eigenvalue weighted by atomic mass is 8.97. The summed E-state index contributed by atoms with van der Waals surface area (Å²) in [4.78, 5) is 19.1. The number of aryl methyl sites for hydroxylation is 1. The first-order valence-electron chi connectivity index (χ1n) is 21.4. The highest BCUT2D eigenvalue weighted by molar-refractivity contribution is 7.99. The number of nitrogens with zero attached hydrogens (tertiary/aromatic N) is 3. The molecule has 0 aromatic carbocycles. The third-order valence-electron chi connectivity index (χ3n) is 13.8. The number of hydrogen-bond donors (Lipinski definition) is 1. The van der Waals surface area contributed by atoms with Crippen LogP contribution < -0.4 is 0 Å². The Morgan fingerprint density at radius 3 is 2.08 bits per heavy atom. The fourth-order valence-corrected chi connectivity index (χ4v) is 12.2. The van der Waals surface area contributed by atoms with E-state index in [1.807, 2.05) is 30.5 Å². The van der Waals surface area contributed by atoms with Crippen LogP contribution >= 0.6 is 11.8 Å². The van der Waals surface area contributed by atoms with E-state index >= 15 is 0 Å². The summed E-state index contributed by atoms with van der Waals surface area (Å²) < 4.78 is 13.7. The van der Waals surface area contributed by atoms with Crippen molar-refractivity contribution in [2.75, 3.05) is 44.4 Å². The van der Waals surface area contributed by atoms with Crippen LogP contribution in [0.2, 0.25) is 0 Å². The Kier molecular flexibility index (Phi) is 15.3. The maximum atomic E-state index is 12.5. The van der Waals surface area contributed by atoms with E-state index in [2.05, 4.69) is 21.4 Å². The first-order chi connectivity index (χ1) is 24.7. The molecule has 0 saturated heterocycles. The molecule has 0 amide bonds. The summed E-state index contributed by atoms with van der Waals surface area (Å²) in [5.74, 6) is 9.43. The number of unbranched alkanes of at least 4 members (excludes halogenated alkanes) is 15. The molecule has 0 radical (unpaired) electrons. The molecule has 0 spiro atoms. The van der Waals surface area contributed by atoms with E-state index in [0.717, 1.165) is 112 Å². The molecule has 6 aliphatic carbocycles. The summed E-state index contributed by atoms with van der Waals surface area (Å²) in [7, 11) is 0. The van der Waals surface area contributed by atoms with Crippen molar-refractivity contribution >= 4 is 17.7 Å². The number of carbonyl (C=O) groups is 1. The van der Waals surface area contributed by atoms with E-state index in [1.165, 1.54) is 95.6 Å². The second-order valence-corrected chi connectivity index (χ2v) is 18.0. The Bertz CT molecular complexity index is 1070. The zero-order valence-corrected chi connectivity index (χ0v) is 32.4. The van der Waals surface area contributed by atoms with Gasteiger partial charge in [0.2, 0.25) is 0 Å². The van der Waals surface area contributed by atoms with Crippen LogP contribution in [0.3, 0.4) is 0 Å². The van der Waals surface area contributed by atoms with Gasteiger partial charge in [-0.05, 0) is 92.4 Å². The van der Waals surface area contributed by atoms with Gasteiger partial charge in [0.1, 0.15) is 6.61 Å². The van der Waals surface area contributed by atoms with E-state index in [-0.39, 0.29) is 5.97 Å². The van der Waals surface area contributed by atoms with Gasteiger partial charge in [-0.25, -0.2) is 4.98 Å². The van der Waals surface area contributed by atoms with Gasteiger partial charge in [0, 0.05) is 36.7 Å². The number of rotatable bonds is 34. The number of carbonyl (C=O) groups excluding carboxylic acids is 1. The second-order valence-electron chi connectivity index (χ2n) is 16.8. The van der Waals surface area contributed by atoms with Gasteiger partial charge in [-0.3, -0.25) is 4.79 Å². The molecule has 284 valence electrons. The first-order valence-corrected chi connectivity index (χ1v) is 22.5. The second kappa shape index (κ2) is 19.8. The zero-order chi connectivity index (χ0) is 34.6. The summed E-state index contributed by atoms with van der Waals surface area (Å²) >= 11 is 1.93. The minimum Gasteiger partial charge on any atom is -0.465 e. The summed E-state index contributed by atoms with van der Waals surface area (Å²) in [5, 5.41) is 10.5. The molecular formula is C42H71N3O4S. The van der Waals surface area contributed by atoms with Crippen LogP contribution in [0.15, 0.2) is 18.7 Å². The van der Waals surface area contributed by atoms with Gasteiger partial charge < -0.3 is 24.0 Å². The molecular weight excluding hydrogens is 643 g/mol. The predicted octanol–water partition coefficient (Wildman–Crippen LogP) is 8.99. The monoisotopic (exact) mass is 714 g/mol. The maximum Gasteiger partial charge on any atom is 0.307 e. The Hall–Kier alpha value is -1.09. The highest BCUT2D eigenvalue weighted by Crippen LogP contribution is 3.05. The van der Waals surface area contributed by atoms with Gasteiger partial charge in [0.15, 0.2) is 6.29 Å². The molecule has 1 unspecified atom stereocenters. The number of aromatic nitrogens is 2. The number of esters is 1. The zero-order valence-electron chi connectivity index (χ0n) is 31.6. The van der Waals surface area contributed by atoms with Crippen molar-refractivity contribution in [2.45, 2.75) is 148 Å². The molecule has 50 heavy (non-hydrogen) atoms. The van der Waals surface area contributed by atoms with E-state index in [4.69, 9.17) is 9.47 Å². The number of ether oxygens (including phenoxy) is 2. The molecule has 1 aromatic heterocycles. The highest BCUT2D eigenvalue weighted by Gasteiger charge is 3.04. The van der Waals surface area contributed by atoms with Crippen LogP contribution in [0.1, 0.15) is 135 Å². The third-order valence-corrected chi connectivity index (χ3v) is 14.9. The molecule has 6 aliphatic rings. The third kappa shape index (κ3) is 8.98. The van der Waals surface area contributed by atoms with Crippen LogP contribution in [-0.2, 0) is 20.8 Å². The Labute approximate surface area is 308 Å². The summed E-state index contributed by atoms with van der Waals surface area (Å²) in [6.07, 6.45) is 29.8. The van der Waals surface area contributed by atoms with Gasteiger partial charge >= 0.3 is 5.97 Å². The molecule has 8 heteroatoms. The van der Waals surface area contributed by atoms with Crippen molar-refractivity contribution in [3.8, 4) is 0 Å². The van der Waals surface area contributed by atoms with Gasteiger partial charge in [-0.15, -0.1) is 0 Å². The van der Waals surface area contributed by atoms with E-state index < -0.39 is 6.29 Å². The molecule has 0 aliphatic heterocycles. The van der Waals surface area contributed by atoms with Crippen molar-refractivity contribution in [3.63, 3.8) is 0 Å². The molecule has 7 rings (SSSR count). The van der Waals surface area contributed by atoms with E-state index in [0.29, 0.717) is 18.4 Å². The number of imidazole rings is 1. The maximum absolute atomic E-state index is 12.5. The van der Waals surface area contributed by atoms with Crippen molar-refractivity contribution in [2.24, 2.45) is 46.8 Å². The molecule has 6 saturated carbocycles. The molecule has 1 aromatic rings. The Morgan fingerprint density at radius 2 is 1.42 bits per heavy atom. The molecule has 1 atom stereocenters. The van der Waals surface area contributed by atoms with Crippen molar-refractivity contribution in [3.05, 3.63) is 18.7 Å². The quantitative estimate of drug-likeness (QED) is 0.0434. The molecule has 1 N–H and O–H groups in total. The number of aliphatic hydroxyl groups is 1. The number of hydrogen-bond acceptors (Lipinski definition) is 7. The van der Waals surface area contributed by atoms with Gasteiger partial charge in [-0.2, -0.15) is 11.8 Å². The average Bonchev–Trinajstić information content (AvgIpc) is 3.66. The van der Waals surface area contributed by atoms with Crippen molar-refractivity contribution < 1.29 is 19.4 Å². The van der Waals surface area contributed by atoms with Gasteiger partial charge in [0.25, 0.3) is 0 Å². The molecule has 0 bridgehead atoms. The summed E-state index contributed by atoms with van der Waals surface area (Å²) in [5.41, 5.74) is 0.543. The molecule has 6 fully saturated rings. The largest absolute Gasteiger partial charge is 0.465 e. The van der Waals surface area contributed by atoms with Gasteiger partial charge in [-0.1, -0.05) is 96.8 Å². The molecule has 7 nitrogen and oxygen atoms in total. The number of aliphatic hydroxyl groups excluding tert-OH is 1. The van der Waals surface area contributed by atoms with Crippen LogP contribution in [0.5, 0.6) is 0 Å². The van der Waals surface area contributed by atoms with Gasteiger partial charge in [0.05, 0.1) is 19.4 Å². The lowest BCUT2D eigenvalue weighted by Crippen LogP contribution is -3.06. The standard InChI is InChI=1S/C42H71N3O4S/c1-2-3-4-5-6-7-8-9-10-11-15-18-29-50-30-28-48-34(47)21-26-44(24-19-25-45-27-22-43-32-45)23-17-14-12-13-16-20-33(46)49-31-42-39-36-35-37(39)41(42)38(35)40(36)42/h22,27,32-33,35-41,46H,2-21,23-26,28-31H2,1H3.